The third-order valence-electron chi connectivity index (χ3n) is 3.23. The Morgan fingerprint density at radius 3 is 2.46 bits per heavy atom. The van der Waals surface area contributed by atoms with E-state index in [4.69, 9.17) is 5.26 Å². The molecule has 0 spiro atoms. The Morgan fingerprint density at radius 1 is 1.31 bits per heavy atom. The number of benzene rings is 1. The fourth-order valence-electron chi connectivity index (χ4n) is 2.04. The van der Waals surface area contributed by atoms with Gasteiger partial charge in [0.25, 0.3) is 5.56 Å². The van der Waals surface area contributed by atoms with Crippen molar-refractivity contribution in [3.8, 4) is 17.6 Å². The number of nitriles is 1. The van der Waals surface area contributed by atoms with Crippen molar-refractivity contribution in [1.82, 2.24) is 4.98 Å². The molecule has 0 unspecified atom stereocenters. The van der Waals surface area contributed by atoms with Gasteiger partial charge in [-0.2, -0.15) is 18.4 Å². The molecule has 0 aliphatic heterocycles. The van der Waals surface area contributed by atoms with E-state index in [1.54, 1.807) is 11.1 Å². The van der Waals surface area contributed by atoms with Crippen LogP contribution in [0.15, 0.2) is 29.1 Å². The van der Waals surface area contributed by atoms with E-state index in [0.717, 1.165) is 24.3 Å². The van der Waals surface area contributed by atoms with Crippen molar-refractivity contribution in [3.63, 3.8) is 0 Å². The van der Waals surface area contributed by atoms with E-state index in [1.807, 2.05) is 0 Å². The molecule has 134 valence electrons. The predicted molar refractivity (Wildman–Crippen MR) is 82.0 cm³/mol. The summed E-state index contributed by atoms with van der Waals surface area (Å²) in [5.41, 5.74) is -4.28. The minimum atomic E-state index is -4.78. The van der Waals surface area contributed by atoms with Gasteiger partial charge >= 0.3 is 11.9 Å². The van der Waals surface area contributed by atoms with Crippen LogP contribution in [0, 0.1) is 21.4 Å². The Hall–Kier alpha value is -3.81. The molecule has 0 saturated heterocycles. The van der Waals surface area contributed by atoms with Gasteiger partial charge in [-0.25, -0.2) is 0 Å². The fraction of sp³-hybridized carbons (Fsp3) is 0.0667. The van der Waals surface area contributed by atoms with Crippen molar-refractivity contribution in [2.24, 2.45) is 0 Å². The second kappa shape index (κ2) is 6.60. The van der Waals surface area contributed by atoms with Crippen molar-refractivity contribution in [1.29, 1.82) is 5.26 Å². The molecular weight excluding hydrogens is 359 g/mol. The van der Waals surface area contributed by atoms with Crippen LogP contribution in [0.2, 0.25) is 0 Å². The Balaban J connectivity index is 2.59. The van der Waals surface area contributed by atoms with Crippen LogP contribution < -0.4 is 5.56 Å². The van der Waals surface area contributed by atoms with Crippen LogP contribution in [-0.2, 0) is 6.18 Å². The number of aromatic amines is 1. The summed E-state index contributed by atoms with van der Waals surface area (Å²) in [5, 5.41) is 38.9. The van der Waals surface area contributed by atoms with Gasteiger partial charge in [0.15, 0.2) is 5.75 Å². The summed E-state index contributed by atoms with van der Waals surface area (Å²) in [6.07, 6.45) is -3.83. The fourth-order valence-corrected chi connectivity index (χ4v) is 2.04. The summed E-state index contributed by atoms with van der Waals surface area (Å²) in [5.74, 6) is -1.83. The van der Waals surface area contributed by atoms with Crippen LogP contribution in [0.4, 0.5) is 18.9 Å². The number of nitrogens with one attached hydrogen (secondary N) is 1. The number of phenols is 2. The molecule has 1 aromatic heterocycles. The molecule has 0 aliphatic rings. The zero-order valence-electron chi connectivity index (χ0n) is 12.5. The second-order valence-corrected chi connectivity index (χ2v) is 4.95. The maximum absolute atomic E-state index is 12.6. The number of phenolic OH excluding ortho intramolecular Hbond substituents is 2. The largest absolute Gasteiger partial charge is 0.504 e. The summed E-state index contributed by atoms with van der Waals surface area (Å²) < 4.78 is 37.7. The zero-order valence-corrected chi connectivity index (χ0v) is 12.5. The van der Waals surface area contributed by atoms with Gasteiger partial charge in [0.1, 0.15) is 5.69 Å². The van der Waals surface area contributed by atoms with Crippen molar-refractivity contribution in [2.45, 2.75) is 6.18 Å². The maximum atomic E-state index is 12.6. The van der Waals surface area contributed by atoms with E-state index < -0.39 is 50.7 Å². The molecule has 8 nitrogen and oxygen atoms in total. The van der Waals surface area contributed by atoms with Crippen LogP contribution in [0.1, 0.15) is 16.8 Å². The van der Waals surface area contributed by atoms with E-state index in [1.165, 1.54) is 0 Å². The van der Waals surface area contributed by atoms with E-state index in [9.17, 15) is 38.3 Å². The number of hydrogen-bond donors (Lipinski definition) is 3. The number of nitrogens with zero attached hydrogens (tertiary/aromatic N) is 2. The Morgan fingerprint density at radius 2 is 1.96 bits per heavy atom. The summed E-state index contributed by atoms with van der Waals surface area (Å²) >= 11 is 0. The minimum absolute atomic E-state index is 0.122. The number of nitro benzene ring substituents is 1. The Bertz CT molecular complexity index is 1020. The average molecular weight is 367 g/mol. The van der Waals surface area contributed by atoms with E-state index in [2.05, 4.69) is 0 Å². The first-order valence-electron chi connectivity index (χ1n) is 6.67. The SMILES string of the molecule is N#C/C(=C\c1cc(O)c(O)c([N+](=O)[O-])c1)c1ccc(C(F)(F)F)[nH]c1=O. The lowest BCUT2D eigenvalue weighted by molar-refractivity contribution is -0.386. The molecule has 1 heterocycles. The van der Waals surface area contributed by atoms with Crippen molar-refractivity contribution < 1.29 is 28.3 Å². The smallest absolute Gasteiger partial charge is 0.431 e. The van der Waals surface area contributed by atoms with Crippen LogP contribution in [0.3, 0.4) is 0 Å². The number of hydrogen-bond acceptors (Lipinski definition) is 6. The normalized spacial score (nSPS) is 11.8. The van der Waals surface area contributed by atoms with Gasteiger partial charge in [0, 0.05) is 6.07 Å². The van der Waals surface area contributed by atoms with Gasteiger partial charge < -0.3 is 15.2 Å². The van der Waals surface area contributed by atoms with Gasteiger partial charge in [-0.3, -0.25) is 14.9 Å². The molecule has 1 aromatic carbocycles. The molecule has 26 heavy (non-hydrogen) atoms. The second-order valence-electron chi connectivity index (χ2n) is 4.95. The zero-order chi connectivity index (χ0) is 19.6. The van der Waals surface area contributed by atoms with Gasteiger partial charge in [0.2, 0.25) is 5.75 Å². The maximum Gasteiger partial charge on any atom is 0.431 e. The average Bonchev–Trinajstić information content (AvgIpc) is 2.54. The molecule has 11 heteroatoms. The van der Waals surface area contributed by atoms with Gasteiger partial charge in [0.05, 0.1) is 22.1 Å². The van der Waals surface area contributed by atoms with E-state index in [-0.39, 0.29) is 5.56 Å². The standard InChI is InChI=1S/C15H8F3N3O5/c16-15(17,18)12-2-1-9(14(24)20-12)8(6-19)3-7-4-10(21(25)26)13(23)11(22)5-7/h1-5,22-23H,(H,20,24)/b8-3+. The molecule has 0 aliphatic carbocycles. The monoisotopic (exact) mass is 367 g/mol. The molecule has 0 radical (unpaired) electrons. The third-order valence-corrected chi connectivity index (χ3v) is 3.23. The van der Waals surface area contributed by atoms with Gasteiger partial charge in [-0.1, -0.05) is 0 Å². The van der Waals surface area contributed by atoms with Crippen LogP contribution in [0.5, 0.6) is 11.5 Å². The van der Waals surface area contributed by atoms with Crippen LogP contribution in [-0.4, -0.2) is 20.1 Å². The van der Waals surface area contributed by atoms with Crippen LogP contribution >= 0.6 is 0 Å². The predicted octanol–water partition coefficient (Wildman–Crippen LogP) is 2.78. The molecule has 2 aromatic rings. The molecule has 3 N–H and O–H groups in total. The number of alkyl halides is 3. The summed E-state index contributed by atoms with van der Waals surface area (Å²) in [6.45, 7) is 0. The number of aromatic nitrogens is 1. The first-order chi connectivity index (χ1) is 12.0. The first-order valence-corrected chi connectivity index (χ1v) is 6.67. The van der Waals surface area contributed by atoms with Crippen molar-refractivity contribution >= 4 is 17.3 Å². The molecule has 0 bridgehead atoms. The highest BCUT2D eigenvalue weighted by Crippen LogP contribution is 2.37. The number of halogens is 3. The molecular formula is C15H8F3N3O5. The number of rotatable bonds is 3. The number of allylic oxidation sites excluding steroid dienone is 1. The van der Waals surface area contributed by atoms with Gasteiger partial charge in [-0.15, -0.1) is 0 Å². The number of aromatic hydroxyl groups is 2. The molecule has 2 rings (SSSR count). The quantitative estimate of drug-likeness (QED) is 0.330. The van der Waals surface area contributed by atoms with E-state index in [0.29, 0.717) is 6.07 Å². The lowest BCUT2D eigenvalue weighted by atomic mass is 10.0. The lowest BCUT2D eigenvalue weighted by Gasteiger charge is -2.07. The first kappa shape index (κ1) is 18.5. The molecule has 0 amide bonds. The summed E-state index contributed by atoms with van der Waals surface area (Å²) in [6, 6.07) is 4.66. The Kier molecular flexibility index (Phi) is 4.70. The molecule has 0 fully saturated rings. The highest BCUT2D eigenvalue weighted by atomic mass is 19.4. The molecule has 0 atom stereocenters. The van der Waals surface area contributed by atoms with Crippen LogP contribution in [0.25, 0.3) is 11.6 Å². The highest BCUT2D eigenvalue weighted by Gasteiger charge is 2.32. The minimum Gasteiger partial charge on any atom is -0.504 e. The Labute approximate surface area is 142 Å². The highest BCUT2D eigenvalue weighted by molar-refractivity contribution is 5.90. The molecule has 0 saturated carbocycles. The number of pyridine rings is 1. The lowest BCUT2D eigenvalue weighted by Crippen LogP contribution is -2.18. The summed E-state index contributed by atoms with van der Waals surface area (Å²) in [7, 11) is 0. The topological polar surface area (TPSA) is 140 Å². The van der Waals surface area contributed by atoms with Crippen molar-refractivity contribution in [3.05, 3.63) is 61.6 Å². The van der Waals surface area contributed by atoms with Gasteiger partial charge in [-0.05, 0) is 29.8 Å². The number of H-pyrrole nitrogens is 1. The third kappa shape index (κ3) is 3.64. The van der Waals surface area contributed by atoms with Crippen molar-refractivity contribution in [2.75, 3.05) is 0 Å². The van der Waals surface area contributed by atoms with E-state index >= 15 is 0 Å². The summed E-state index contributed by atoms with van der Waals surface area (Å²) in [4.78, 5) is 23.3. The number of nitro groups is 1.